The van der Waals surface area contributed by atoms with E-state index < -0.39 is 16.2 Å². The van der Waals surface area contributed by atoms with Crippen molar-refractivity contribution in [2.24, 2.45) is 0 Å². The molecule has 0 saturated carbocycles. The second-order valence-corrected chi connectivity index (χ2v) is 32.4. The number of fused-ring (bicyclic) bond motifs is 4. The minimum absolute atomic E-state index is 0.00148. The molecule has 1 spiro atoms. The lowest BCUT2D eigenvalue weighted by Crippen LogP contribution is -2.27. The molecular weight excluding hydrogens is 1670 g/mol. The first-order chi connectivity index (χ1) is 64.7. The normalized spacial score (nSPS) is 13.2. The smallest absolute Gasteiger partial charge is 0.270 e. The maximum Gasteiger partial charge on any atom is 0.270 e. The summed E-state index contributed by atoms with van der Waals surface area (Å²) in [7, 11) is 0. The molecule has 0 aliphatic heterocycles. The van der Waals surface area contributed by atoms with E-state index in [4.69, 9.17) is 70.0 Å². The van der Waals surface area contributed by atoms with E-state index in [2.05, 4.69) is 75.8 Å². The fraction of sp³-hybridized carbons (Fsp3) is 0.115. The van der Waals surface area contributed by atoms with Crippen molar-refractivity contribution in [1.82, 2.24) is 0 Å². The van der Waals surface area contributed by atoms with E-state index in [9.17, 15) is 29.7 Å². The van der Waals surface area contributed by atoms with Gasteiger partial charge >= 0.3 is 0 Å². The van der Waals surface area contributed by atoms with Crippen molar-refractivity contribution in [2.75, 3.05) is 26.4 Å². The second kappa shape index (κ2) is 38.9. The highest BCUT2D eigenvalue weighted by Crippen LogP contribution is 2.66. The van der Waals surface area contributed by atoms with Gasteiger partial charge in [0.05, 0.1) is 35.4 Å². The molecule has 14 aromatic rings. The van der Waals surface area contributed by atoms with Crippen LogP contribution >= 0.6 is 0 Å². The topological polar surface area (TPSA) is 235 Å². The summed E-state index contributed by atoms with van der Waals surface area (Å²) in [5.74, 6) is 0.579. The molecule has 0 bridgehead atoms. The third kappa shape index (κ3) is 18.6. The van der Waals surface area contributed by atoms with E-state index in [1.54, 1.807) is 291 Å². The lowest BCUT2D eigenvalue weighted by atomic mass is 9.72. The van der Waals surface area contributed by atoms with Gasteiger partial charge in [0, 0.05) is 51.9 Å². The summed E-state index contributed by atoms with van der Waals surface area (Å²) in [4.78, 5) is 66.0. The zero-order chi connectivity index (χ0) is 92.9. The van der Waals surface area contributed by atoms with Gasteiger partial charge in [0.2, 0.25) is 0 Å². The standard InChI is InChI=1S/C113H84N4O16/c1-11-55-122-75-47-51-79(107(118)71-31-19-15-20-32-71)97(59-75)126-89-39-27-41-91(83(89)67-114)128-101-63-85-87(65-103(101)129-92-42-28-40-90(84(92)68-115)127-98-60-76(123-56-12-2)48-52-80(98)108(119)72-33-21-16-22-34-72)113(69-111(85,5)6)70-112(7,8)86-64-102(132-95-45-29-43-93(105(95)116-9)130-99-61-77(124-57-13-3)49-53-81(99)109(120)73-35-23-17-24-36-73)104(66-88(86)113)133-96-46-30-44-94(106(96)117-10)131-100-62-78(125-58-14-4)50-54-82(100)110(121)74-37-25-18-26-38-74/h11-54,59-66H,1-4,55-58,69-70H2,5-8H3. The number of ether oxygens (including phenoxy) is 12. The molecule has 2 aliphatic carbocycles. The van der Waals surface area contributed by atoms with Gasteiger partial charge < -0.3 is 56.8 Å². The zero-order valence-corrected chi connectivity index (χ0v) is 72.9. The van der Waals surface area contributed by atoms with Crippen LogP contribution in [0.5, 0.6) is 115 Å². The average molecular weight is 1750 g/mol. The molecule has 0 amide bonds. The monoisotopic (exact) mass is 1750 g/mol. The molecule has 20 heteroatoms. The molecule has 0 fully saturated rings. The van der Waals surface area contributed by atoms with Crippen molar-refractivity contribution in [2.45, 2.75) is 56.8 Å². The fourth-order valence-electron chi connectivity index (χ4n) is 16.8. The van der Waals surface area contributed by atoms with Gasteiger partial charge in [0.25, 0.3) is 11.4 Å². The van der Waals surface area contributed by atoms with Gasteiger partial charge in [-0.15, -0.1) is 0 Å². The Morgan fingerprint density at radius 1 is 0.301 bits per heavy atom. The Morgan fingerprint density at radius 3 is 0.767 bits per heavy atom. The Bertz CT molecular complexity index is 6710. The number of carbonyl (C=O) groups is 4. The predicted molar refractivity (Wildman–Crippen MR) is 505 cm³/mol. The predicted octanol–water partition coefficient (Wildman–Crippen LogP) is 27.7. The molecule has 20 nitrogen and oxygen atoms in total. The Hall–Kier alpha value is -17.7. The number of hydrogen-bond acceptors (Lipinski definition) is 18. The first-order valence-electron chi connectivity index (χ1n) is 42.5. The van der Waals surface area contributed by atoms with E-state index >= 15 is 0 Å². The highest BCUT2D eigenvalue weighted by molar-refractivity contribution is 6.13. The number of para-hydroxylation sites is 2. The molecule has 2 aliphatic rings. The number of hydrogen-bond donors (Lipinski definition) is 0. The molecule has 1 unspecified atom stereocenters. The summed E-state index contributed by atoms with van der Waals surface area (Å²) < 4.78 is 79.6. The van der Waals surface area contributed by atoms with Crippen molar-refractivity contribution in [1.29, 1.82) is 10.5 Å². The minimum Gasteiger partial charge on any atom is -0.489 e. The molecule has 0 heterocycles. The Balaban J connectivity index is 0.867. The van der Waals surface area contributed by atoms with Gasteiger partial charge in [-0.25, -0.2) is 9.69 Å². The van der Waals surface area contributed by atoms with Crippen LogP contribution in [0.25, 0.3) is 9.69 Å². The van der Waals surface area contributed by atoms with E-state index in [-0.39, 0.29) is 186 Å². The number of benzene rings is 14. The molecule has 652 valence electrons. The van der Waals surface area contributed by atoms with Gasteiger partial charge in [-0.1, -0.05) is 224 Å². The summed E-state index contributed by atoms with van der Waals surface area (Å²) in [5.41, 5.74) is 2.38. The Morgan fingerprint density at radius 2 is 0.526 bits per heavy atom. The zero-order valence-electron chi connectivity index (χ0n) is 72.9. The summed E-state index contributed by atoms with van der Waals surface area (Å²) in [6.07, 6.45) is 7.16. The Kier molecular flexibility index (Phi) is 25.9. The van der Waals surface area contributed by atoms with Crippen LogP contribution in [0, 0.1) is 35.8 Å². The fourth-order valence-corrected chi connectivity index (χ4v) is 16.8. The number of carbonyl (C=O) groups excluding carboxylic acids is 4. The van der Waals surface area contributed by atoms with Crippen molar-refractivity contribution < 1.29 is 76.0 Å². The van der Waals surface area contributed by atoms with Crippen LogP contribution in [0.3, 0.4) is 0 Å². The SMILES string of the molecule is [C-]#[N+]c1c(Oc2cc3c(cc2Oc2cccc(Oc4cc(OCC=C)ccc4C(=O)c4ccccc4)c2[N+]#[C-])C2(CC(C)(C)c4cc(Oc5cccc(Oc6cc(OCC=C)ccc6C(=O)c6ccccc6)c5C#N)c(Oc5cccc(Oc6cc(OCC=C)ccc6C(=O)c6ccccc6)c5C#N)cc42)CC3(C)C)cccc1Oc1cc(OCC=C)ccc1C(=O)c1ccccc1. The molecule has 0 saturated heterocycles. The summed E-state index contributed by atoms with van der Waals surface area (Å²) in [6.45, 7) is 42.1. The van der Waals surface area contributed by atoms with Crippen LogP contribution in [0.2, 0.25) is 0 Å². The van der Waals surface area contributed by atoms with Crippen molar-refractivity contribution >= 4 is 34.5 Å². The number of nitriles is 2. The minimum atomic E-state index is -1.01. The summed E-state index contributed by atoms with van der Waals surface area (Å²) in [6, 6.07) is 85.5. The third-order valence-corrected chi connectivity index (χ3v) is 22.7. The Labute approximate surface area is 769 Å². The van der Waals surface area contributed by atoms with Crippen LogP contribution in [-0.4, -0.2) is 49.6 Å². The van der Waals surface area contributed by atoms with Crippen LogP contribution < -0.4 is 56.8 Å². The lowest BCUT2D eigenvalue weighted by Gasteiger charge is -2.31. The van der Waals surface area contributed by atoms with Crippen molar-refractivity contribution in [3.63, 3.8) is 0 Å². The van der Waals surface area contributed by atoms with Crippen LogP contribution in [0.1, 0.15) is 138 Å². The maximum atomic E-state index is 14.5. The van der Waals surface area contributed by atoms with Gasteiger partial charge in [-0.3, -0.25) is 19.2 Å². The van der Waals surface area contributed by atoms with Crippen LogP contribution in [0.15, 0.2) is 342 Å². The first kappa shape index (κ1) is 88.7. The molecule has 16 rings (SSSR count). The van der Waals surface area contributed by atoms with Gasteiger partial charge in [-0.05, 0) is 167 Å². The van der Waals surface area contributed by atoms with Gasteiger partial charge in [-0.2, -0.15) is 10.5 Å². The highest BCUT2D eigenvalue weighted by atomic mass is 16.5. The summed E-state index contributed by atoms with van der Waals surface area (Å²) in [5, 5.41) is 23.1. The molecule has 0 N–H and O–H groups in total. The molecule has 1 atom stereocenters. The maximum absolute atomic E-state index is 14.5. The molecule has 133 heavy (non-hydrogen) atoms. The molecule has 0 radical (unpaired) electrons. The number of nitrogens with zero attached hydrogens (tertiary/aromatic N) is 4. The van der Waals surface area contributed by atoms with Gasteiger partial charge in [0.15, 0.2) is 46.1 Å². The van der Waals surface area contributed by atoms with E-state index in [0.717, 1.165) is 22.3 Å². The number of rotatable bonds is 36. The quantitative estimate of drug-likeness (QED) is 0.0202. The summed E-state index contributed by atoms with van der Waals surface area (Å²) >= 11 is 0. The van der Waals surface area contributed by atoms with E-state index in [1.165, 1.54) is 0 Å². The largest absolute Gasteiger partial charge is 0.489 e. The second-order valence-electron chi connectivity index (χ2n) is 32.4. The van der Waals surface area contributed by atoms with Crippen LogP contribution in [0.4, 0.5) is 11.4 Å². The van der Waals surface area contributed by atoms with Crippen molar-refractivity contribution in [3.05, 3.63) is 443 Å². The molecule has 14 aromatic carbocycles. The van der Waals surface area contributed by atoms with E-state index in [0.29, 0.717) is 58.1 Å². The third-order valence-electron chi connectivity index (χ3n) is 22.7. The molecular formula is C113H84N4O16. The van der Waals surface area contributed by atoms with Gasteiger partial charge in [0.1, 0.15) is 142 Å². The van der Waals surface area contributed by atoms with E-state index in [1.807, 2.05) is 24.3 Å². The van der Waals surface area contributed by atoms with Crippen LogP contribution in [-0.2, 0) is 16.2 Å². The molecule has 0 aromatic heterocycles. The number of ketones is 4. The van der Waals surface area contributed by atoms with Crippen molar-refractivity contribution in [3.8, 4) is 127 Å². The highest BCUT2D eigenvalue weighted by Gasteiger charge is 2.57. The first-order valence-corrected chi connectivity index (χ1v) is 42.5. The lowest BCUT2D eigenvalue weighted by molar-refractivity contribution is 0.102. The average Bonchev–Trinajstić information content (AvgIpc) is 1.52.